The maximum absolute atomic E-state index is 12.4. The van der Waals surface area contributed by atoms with Crippen molar-refractivity contribution in [2.75, 3.05) is 44.4 Å². The van der Waals surface area contributed by atoms with Crippen molar-refractivity contribution in [3.8, 4) is 0 Å². The van der Waals surface area contributed by atoms with E-state index in [1.54, 1.807) is 6.20 Å². The molecule has 0 saturated carbocycles. The van der Waals surface area contributed by atoms with Gasteiger partial charge in [-0.3, -0.25) is 4.79 Å². The molecule has 3 heterocycles. The molecule has 7 nitrogen and oxygen atoms in total. The number of thioether (sulfide) groups is 1. The highest BCUT2D eigenvalue weighted by Gasteiger charge is 2.15. The van der Waals surface area contributed by atoms with Crippen molar-refractivity contribution in [2.24, 2.45) is 0 Å². The van der Waals surface area contributed by atoms with Crippen LogP contribution < -0.4 is 10.2 Å². The Hall–Kier alpha value is -1.90. The summed E-state index contributed by atoms with van der Waals surface area (Å²) in [6.07, 6.45) is 6.23. The summed E-state index contributed by atoms with van der Waals surface area (Å²) in [5.74, 6) is 0.654. The van der Waals surface area contributed by atoms with Gasteiger partial charge in [0.05, 0.1) is 11.2 Å². The normalized spacial score (nSPS) is 15.4. The number of hydrogen-bond donors (Lipinski definition) is 1. The summed E-state index contributed by atoms with van der Waals surface area (Å²) in [5.41, 5.74) is 1.11. The number of pyridine rings is 1. The highest BCUT2D eigenvalue weighted by molar-refractivity contribution is 7.98. The summed E-state index contributed by atoms with van der Waals surface area (Å²) in [5, 5.41) is 3.59. The highest BCUT2D eigenvalue weighted by Crippen LogP contribution is 2.17. The van der Waals surface area contributed by atoms with Gasteiger partial charge in [-0.25, -0.2) is 15.0 Å². The molecule has 2 aromatic rings. The number of nitrogens with zero attached hydrogens (tertiary/aromatic N) is 5. The topological polar surface area (TPSA) is 74.2 Å². The Kier molecular flexibility index (Phi) is 6.87. The summed E-state index contributed by atoms with van der Waals surface area (Å²) in [6, 6.07) is 4.00. The number of anilines is 1. The molecule has 1 N–H and O–H groups in total. The van der Waals surface area contributed by atoms with E-state index in [1.165, 1.54) is 18.0 Å². The molecule has 3 rings (SSSR count). The Morgan fingerprint density at radius 3 is 2.81 bits per heavy atom. The summed E-state index contributed by atoms with van der Waals surface area (Å²) in [4.78, 5) is 29.8. The molecule has 2 aromatic heterocycles. The second-order valence-corrected chi connectivity index (χ2v) is 7.59. The molecular weight excluding hydrogens is 384 g/mol. The Labute approximate surface area is 168 Å². The fraction of sp³-hybridized carbons (Fsp3) is 0.444. The number of carbonyl (C=O) groups is 1. The van der Waals surface area contributed by atoms with Crippen LogP contribution in [-0.4, -0.2) is 65.2 Å². The zero-order valence-electron chi connectivity index (χ0n) is 15.5. The lowest BCUT2D eigenvalue weighted by Crippen LogP contribution is -2.29. The van der Waals surface area contributed by atoms with Crippen LogP contribution in [0, 0.1) is 0 Å². The first-order valence-electron chi connectivity index (χ1n) is 8.80. The Morgan fingerprint density at radius 1 is 1.22 bits per heavy atom. The lowest BCUT2D eigenvalue weighted by molar-refractivity contribution is 0.0945. The third kappa shape index (κ3) is 5.31. The van der Waals surface area contributed by atoms with E-state index in [0.29, 0.717) is 11.7 Å². The van der Waals surface area contributed by atoms with E-state index in [4.69, 9.17) is 11.6 Å². The van der Waals surface area contributed by atoms with Gasteiger partial charge in [-0.2, -0.15) is 0 Å². The first-order chi connectivity index (χ1) is 13.1. The fourth-order valence-corrected chi connectivity index (χ4v) is 3.38. The van der Waals surface area contributed by atoms with Crippen LogP contribution in [0.4, 0.5) is 5.82 Å². The van der Waals surface area contributed by atoms with Crippen molar-refractivity contribution in [3.63, 3.8) is 0 Å². The number of halogens is 1. The lowest BCUT2D eigenvalue weighted by atomic mass is 10.2. The van der Waals surface area contributed by atoms with Gasteiger partial charge >= 0.3 is 0 Å². The van der Waals surface area contributed by atoms with Gasteiger partial charge < -0.3 is 15.1 Å². The van der Waals surface area contributed by atoms with Crippen LogP contribution in [0.5, 0.6) is 0 Å². The molecule has 9 heteroatoms. The summed E-state index contributed by atoms with van der Waals surface area (Å²) >= 11 is 7.41. The summed E-state index contributed by atoms with van der Waals surface area (Å²) in [6.45, 7) is 4.51. The van der Waals surface area contributed by atoms with Crippen LogP contribution in [0.15, 0.2) is 29.7 Å². The second-order valence-electron chi connectivity index (χ2n) is 6.40. The fourth-order valence-electron chi connectivity index (χ4n) is 2.86. The maximum atomic E-state index is 12.4. The van der Waals surface area contributed by atoms with Crippen molar-refractivity contribution in [3.05, 3.63) is 40.8 Å². The van der Waals surface area contributed by atoms with E-state index >= 15 is 0 Å². The zero-order valence-corrected chi connectivity index (χ0v) is 17.1. The van der Waals surface area contributed by atoms with Crippen LogP contribution >= 0.6 is 23.4 Å². The predicted octanol–water partition coefficient (Wildman–Crippen LogP) is 2.32. The molecule has 0 atom stereocenters. The molecule has 0 aromatic carbocycles. The van der Waals surface area contributed by atoms with Gasteiger partial charge in [0.1, 0.15) is 5.82 Å². The number of nitrogens with one attached hydrogen (secondary N) is 1. The summed E-state index contributed by atoms with van der Waals surface area (Å²) in [7, 11) is 2.15. The van der Waals surface area contributed by atoms with Gasteiger partial charge in [-0.05, 0) is 37.9 Å². The molecule has 0 aliphatic carbocycles. The average Bonchev–Trinajstić information content (AvgIpc) is 2.91. The minimum absolute atomic E-state index is 0.189. The van der Waals surface area contributed by atoms with Crippen LogP contribution in [0.1, 0.15) is 22.5 Å². The van der Waals surface area contributed by atoms with Gasteiger partial charge in [0.25, 0.3) is 5.91 Å². The van der Waals surface area contributed by atoms with Gasteiger partial charge in [-0.1, -0.05) is 29.4 Å². The highest BCUT2D eigenvalue weighted by atomic mass is 35.5. The van der Waals surface area contributed by atoms with Crippen LogP contribution in [0.2, 0.25) is 5.02 Å². The largest absolute Gasteiger partial charge is 0.355 e. The molecule has 0 spiro atoms. The SMILES string of the molecule is CSc1ncc(Cl)c(C(=O)NCc2ccc(N3CCCN(C)CC3)nc2)n1. The van der Waals surface area contributed by atoms with Gasteiger partial charge in [-0.15, -0.1) is 0 Å². The molecule has 1 amide bonds. The molecular formula is C18H23ClN6OS. The van der Waals surface area contributed by atoms with E-state index in [0.717, 1.165) is 44.0 Å². The van der Waals surface area contributed by atoms with E-state index < -0.39 is 0 Å². The van der Waals surface area contributed by atoms with Crippen molar-refractivity contribution in [1.29, 1.82) is 0 Å². The third-order valence-corrected chi connectivity index (χ3v) is 5.26. The van der Waals surface area contributed by atoms with Crippen molar-refractivity contribution < 1.29 is 4.79 Å². The molecule has 27 heavy (non-hydrogen) atoms. The van der Waals surface area contributed by atoms with E-state index in [9.17, 15) is 4.79 Å². The quantitative estimate of drug-likeness (QED) is 0.603. The molecule has 1 saturated heterocycles. The van der Waals surface area contributed by atoms with E-state index in [1.807, 2.05) is 18.4 Å². The second kappa shape index (κ2) is 9.34. The molecule has 1 fully saturated rings. The lowest BCUT2D eigenvalue weighted by Gasteiger charge is -2.21. The molecule has 0 radical (unpaired) electrons. The van der Waals surface area contributed by atoms with Crippen LogP contribution in [0.25, 0.3) is 0 Å². The Bertz CT molecular complexity index is 788. The summed E-state index contributed by atoms with van der Waals surface area (Å²) < 4.78 is 0. The Morgan fingerprint density at radius 2 is 2.07 bits per heavy atom. The minimum atomic E-state index is -0.322. The van der Waals surface area contributed by atoms with Gasteiger partial charge in [0.15, 0.2) is 10.9 Å². The Balaban J connectivity index is 1.59. The number of hydrogen-bond acceptors (Lipinski definition) is 7. The number of aromatic nitrogens is 3. The number of carbonyl (C=O) groups excluding carboxylic acids is 1. The average molecular weight is 407 g/mol. The number of rotatable bonds is 5. The third-order valence-electron chi connectivity index (χ3n) is 4.43. The molecule has 0 bridgehead atoms. The van der Waals surface area contributed by atoms with Crippen molar-refractivity contribution in [1.82, 2.24) is 25.2 Å². The van der Waals surface area contributed by atoms with Crippen LogP contribution in [0.3, 0.4) is 0 Å². The van der Waals surface area contributed by atoms with Crippen molar-refractivity contribution >= 4 is 35.1 Å². The standard InChI is InChI=1S/C18H23ClN6OS/c1-24-6-3-7-25(9-8-24)15-5-4-13(10-20-15)11-21-17(26)16-14(19)12-22-18(23-16)27-2/h4-5,10,12H,3,6-9,11H2,1-2H3,(H,21,26). The first kappa shape index (κ1) is 19.9. The van der Waals surface area contributed by atoms with E-state index in [-0.39, 0.29) is 16.6 Å². The monoisotopic (exact) mass is 406 g/mol. The smallest absolute Gasteiger partial charge is 0.271 e. The molecule has 144 valence electrons. The molecule has 1 aliphatic rings. The first-order valence-corrected chi connectivity index (χ1v) is 10.4. The molecule has 0 unspecified atom stereocenters. The van der Waals surface area contributed by atoms with Crippen molar-refractivity contribution in [2.45, 2.75) is 18.1 Å². The van der Waals surface area contributed by atoms with E-state index in [2.05, 4.69) is 37.1 Å². The molecule has 1 aliphatic heterocycles. The zero-order chi connectivity index (χ0) is 19.2. The van der Waals surface area contributed by atoms with Gasteiger partial charge in [0, 0.05) is 32.4 Å². The van der Waals surface area contributed by atoms with Crippen LogP contribution in [-0.2, 0) is 6.54 Å². The maximum Gasteiger partial charge on any atom is 0.271 e. The number of likely N-dealkylation sites (N-methyl/N-ethyl adjacent to an activating group) is 1. The predicted molar refractivity (Wildman–Crippen MR) is 109 cm³/mol. The van der Waals surface area contributed by atoms with Gasteiger partial charge in [0.2, 0.25) is 0 Å². The minimum Gasteiger partial charge on any atom is -0.355 e. The number of amides is 1.